The smallest absolute Gasteiger partial charge is 0.0726 e. The first kappa shape index (κ1) is 23.5. The molecule has 0 N–H and O–H groups in total. The van der Waals surface area contributed by atoms with Gasteiger partial charge in [-0.05, 0) is 93.4 Å². The molecule has 0 amide bonds. The van der Waals surface area contributed by atoms with Crippen molar-refractivity contribution in [1.82, 2.24) is 4.90 Å². The van der Waals surface area contributed by atoms with Crippen LogP contribution in [0.5, 0.6) is 0 Å². The van der Waals surface area contributed by atoms with E-state index in [9.17, 15) is 0 Å². The number of morpholine rings is 1. The summed E-state index contributed by atoms with van der Waals surface area (Å²) in [5.41, 5.74) is 5.07. The Morgan fingerprint density at radius 1 is 0.879 bits per heavy atom. The molecule has 33 heavy (non-hydrogen) atoms. The third-order valence-corrected chi connectivity index (χ3v) is 9.03. The second kappa shape index (κ2) is 9.77. The van der Waals surface area contributed by atoms with Crippen molar-refractivity contribution in [2.24, 2.45) is 11.3 Å². The van der Waals surface area contributed by atoms with Gasteiger partial charge in [-0.3, -0.25) is 4.90 Å². The molecule has 2 atom stereocenters. The normalized spacial score (nSPS) is 29.8. The fraction of sp³-hybridized carbons (Fsp3) is 0.793. The highest BCUT2D eigenvalue weighted by atomic mass is 16.5. The van der Waals surface area contributed by atoms with E-state index in [1.54, 1.807) is 5.56 Å². The molecule has 1 aromatic rings. The molecule has 2 aliphatic carbocycles. The van der Waals surface area contributed by atoms with Gasteiger partial charge in [-0.2, -0.15) is 0 Å². The van der Waals surface area contributed by atoms with Gasteiger partial charge >= 0.3 is 0 Å². The van der Waals surface area contributed by atoms with Crippen LogP contribution in [0.25, 0.3) is 0 Å². The average Bonchev–Trinajstić information content (AvgIpc) is 2.76. The summed E-state index contributed by atoms with van der Waals surface area (Å²) in [6.45, 7) is 17.5. The van der Waals surface area contributed by atoms with E-state index in [0.29, 0.717) is 23.5 Å². The molecule has 0 bridgehead atoms. The fourth-order valence-corrected chi connectivity index (χ4v) is 6.66. The standard InChI is InChI=1S/C29H47N3O/c1-22-19-32(20-23(2)33-22)26-8-9-28(27(18-26)25-10-12-29(3,4)13-11-25)31-16-14-30(15-17-31)21-24-6-5-7-24/h8-9,18,22-25H,5-7,10-17,19-21H2,1-4H3/t22-,23+. The Morgan fingerprint density at radius 2 is 1.55 bits per heavy atom. The van der Waals surface area contributed by atoms with Gasteiger partial charge in [0.25, 0.3) is 0 Å². The maximum Gasteiger partial charge on any atom is 0.0726 e. The summed E-state index contributed by atoms with van der Waals surface area (Å²) in [7, 11) is 0. The lowest BCUT2D eigenvalue weighted by Gasteiger charge is -2.42. The van der Waals surface area contributed by atoms with E-state index in [2.05, 4.69) is 60.6 Å². The van der Waals surface area contributed by atoms with Crippen molar-refractivity contribution in [3.05, 3.63) is 23.8 Å². The van der Waals surface area contributed by atoms with Crippen molar-refractivity contribution in [1.29, 1.82) is 0 Å². The van der Waals surface area contributed by atoms with Crippen molar-refractivity contribution < 1.29 is 4.74 Å². The molecular weight excluding hydrogens is 406 g/mol. The van der Waals surface area contributed by atoms with Gasteiger partial charge in [0.05, 0.1) is 12.2 Å². The van der Waals surface area contributed by atoms with E-state index in [-0.39, 0.29) is 0 Å². The maximum absolute atomic E-state index is 6.02. The highest BCUT2D eigenvalue weighted by Crippen LogP contribution is 2.46. The number of hydrogen-bond donors (Lipinski definition) is 0. The molecule has 0 unspecified atom stereocenters. The molecule has 2 aliphatic heterocycles. The first-order chi connectivity index (χ1) is 15.9. The van der Waals surface area contributed by atoms with E-state index in [1.165, 1.54) is 89.0 Å². The molecule has 5 rings (SSSR count). The largest absolute Gasteiger partial charge is 0.372 e. The molecule has 4 aliphatic rings. The number of anilines is 2. The summed E-state index contributed by atoms with van der Waals surface area (Å²) >= 11 is 0. The lowest BCUT2D eigenvalue weighted by atomic mass is 9.71. The number of ether oxygens (including phenoxy) is 1. The first-order valence-electron chi connectivity index (χ1n) is 13.9. The van der Waals surface area contributed by atoms with E-state index in [0.717, 1.165) is 19.0 Å². The zero-order valence-electron chi connectivity index (χ0n) is 21.7. The van der Waals surface area contributed by atoms with Crippen molar-refractivity contribution in [2.45, 2.75) is 90.8 Å². The van der Waals surface area contributed by atoms with Gasteiger partial charge in [0, 0.05) is 57.2 Å². The Morgan fingerprint density at radius 3 is 2.15 bits per heavy atom. The van der Waals surface area contributed by atoms with Crippen LogP contribution in [0.1, 0.15) is 84.1 Å². The highest BCUT2D eigenvalue weighted by molar-refractivity contribution is 5.64. The predicted octanol–water partition coefficient (Wildman–Crippen LogP) is 5.91. The van der Waals surface area contributed by atoms with Gasteiger partial charge in [-0.25, -0.2) is 0 Å². The lowest BCUT2D eigenvalue weighted by Crippen LogP contribution is -2.48. The third-order valence-electron chi connectivity index (χ3n) is 9.03. The molecule has 0 spiro atoms. The second-order valence-corrected chi connectivity index (χ2v) is 12.4. The summed E-state index contributed by atoms with van der Waals surface area (Å²) in [4.78, 5) is 8.00. The number of benzene rings is 1. The summed E-state index contributed by atoms with van der Waals surface area (Å²) in [6.07, 6.45) is 10.4. The van der Waals surface area contributed by atoms with Gasteiger partial charge in [-0.15, -0.1) is 0 Å². The minimum absolute atomic E-state index is 0.302. The van der Waals surface area contributed by atoms with Crippen LogP contribution < -0.4 is 9.80 Å². The molecule has 184 valence electrons. The quantitative estimate of drug-likeness (QED) is 0.552. The Balaban J connectivity index is 1.35. The number of hydrogen-bond acceptors (Lipinski definition) is 4. The van der Waals surface area contributed by atoms with Gasteiger partial charge in [0.15, 0.2) is 0 Å². The van der Waals surface area contributed by atoms with Crippen LogP contribution in [0, 0.1) is 11.3 Å². The lowest BCUT2D eigenvalue weighted by molar-refractivity contribution is -0.00522. The molecule has 0 radical (unpaired) electrons. The summed E-state index contributed by atoms with van der Waals surface area (Å²) < 4.78 is 6.02. The van der Waals surface area contributed by atoms with Crippen molar-refractivity contribution in [3.63, 3.8) is 0 Å². The van der Waals surface area contributed by atoms with E-state index >= 15 is 0 Å². The van der Waals surface area contributed by atoms with Gasteiger partial charge in [0.1, 0.15) is 0 Å². The highest BCUT2D eigenvalue weighted by Gasteiger charge is 2.32. The average molecular weight is 454 g/mol. The molecular formula is C29H47N3O. The van der Waals surface area contributed by atoms with Crippen molar-refractivity contribution in [2.75, 3.05) is 55.6 Å². The molecule has 4 fully saturated rings. The Bertz CT molecular complexity index is 776. The van der Waals surface area contributed by atoms with Crippen LogP contribution in [0.15, 0.2) is 18.2 Å². The molecule has 2 saturated carbocycles. The van der Waals surface area contributed by atoms with Gasteiger partial charge in [-0.1, -0.05) is 20.3 Å². The predicted molar refractivity (Wildman–Crippen MR) is 140 cm³/mol. The molecule has 0 aromatic heterocycles. The number of nitrogens with zero attached hydrogens (tertiary/aromatic N) is 3. The topological polar surface area (TPSA) is 19.0 Å². The Kier molecular flexibility index (Phi) is 6.96. The van der Waals surface area contributed by atoms with Crippen LogP contribution in [-0.2, 0) is 4.74 Å². The van der Waals surface area contributed by atoms with Gasteiger partial charge < -0.3 is 14.5 Å². The zero-order chi connectivity index (χ0) is 23.0. The third kappa shape index (κ3) is 5.53. The molecule has 4 nitrogen and oxygen atoms in total. The Labute approximate surface area is 202 Å². The van der Waals surface area contributed by atoms with Crippen LogP contribution in [0.3, 0.4) is 0 Å². The second-order valence-electron chi connectivity index (χ2n) is 12.4. The van der Waals surface area contributed by atoms with Crippen LogP contribution in [-0.4, -0.2) is 62.9 Å². The SMILES string of the molecule is C[C@@H]1CN(c2ccc(N3CCN(CC4CCC4)CC3)c(C3CCC(C)(C)CC3)c2)C[C@H](C)O1. The van der Waals surface area contributed by atoms with E-state index < -0.39 is 0 Å². The fourth-order valence-electron chi connectivity index (χ4n) is 6.66. The molecule has 4 heteroatoms. The monoisotopic (exact) mass is 453 g/mol. The molecule has 2 heterocycles. The Hall–Kier alpha value is -1.26. The summed E-state index contributed by atoms with van der Waals surface area (Å²) in [5.74, 6) is 1.69. The zero-order valence-corrected chi connectivity index (χ0v) is 21.7. The van der Waals surface area contributed by atoms with E-state index in [4.69, 9.17) is 4.74 Å². The van der Waals surface area contributed by atoms with Crippen molar-refractivity contribution >= 4 is 11.4 Å². The van der Waals surface area contributed by atoms with E-state index in [1.807, 2.05) is 0 Å². The minimum atomic E-state index is 0.302. The molecule has 2 saturated heterocycles. The summed E-state index contributed by atoms with van der Waals surface area (Å²) in [6, 6.07) is 7.44. The number of piperazine rings is 1. The van der Waals surface area contributed by atoms with Crippen LogP contribution in [0.4, 0.5) is 11.4 Å². The first-order valence-corrected chi connectivity index (χ1v) is 13.9. The number of rotatable bonds is 5. The van der Waals surface area contributed by atoms with Crippen LogP contribution in [0.2, 0.25) is 0 Å². The van der Waals surface area contributed by atoms with Crippen molar-refractivity contribution in [3.8, 4) is 0 Å². The van der Waals surface area contributed by atoms with Gasteiger partial charge in [0.2, 0.25) is 0 Å². The molecule has 1 aromatic carbocycles. The maximum atomic E-state index is 6.02. The summed E-state index contributed by atoms with van der Waals surface area (Å²) in [5, 5.41) is 0. The van der Waals surface area contributed by atoms with Crippen LogP contribution >= 0.6 is 0 Å². The minimum Gasteiger partial charge on any atom is -0.372 e.